The van der Waals surface area contributed by atoms with Crippen LogP contribution in [0.15, 0.2) is 30.9 Å². The zero-order valence-electron chi connectivity index (χ0n) is 8.99. The number of alkyl halides is 3. The minimum absolute atomic E-state index is 0.137. The smallest absolute Gasteiger partial charge is 0.258 e. The van der Waals surface area contributed by atoms with Crippen molar-refractivity contribution in [3.05, 3.63) is 52.1 Å². The number of nitro benzene ring substituents is 1. The third-order valence-corrected chi connectivity index (χ3v) is 2.40. The Morgan fingerprint density at radius 1 is 1.47 bits per heavy atom. The molecule has 1 rings (SSSR count). The maximum Gasteiger partial charge on any atom is 0.423 e. The largest absolute Gasteiger partial charge is 0.423 e. The van der Waals surface area contributed by atoms with Crippen LogP contribution in [0.2, 0.25) is 0 Å². The summed E-state index contributed by atoms with van der Waals surface area (Å²) >= 11 is 0. The standard InChI is InChI=1S/C11H10F3NO2/c1-3-7(2)8-5-4-6-9(15(16)17)10(8)11(12,13)14/h3-7H,1H2,2H3. The van der Waals surface area contributed by atoms with Gasteiger partial charge in [0.05, 0.1) is 4.92 Å². The molecule has 1 atom stereocenters. The van der Waals surface area contributed by atoms with E-state index in [0.29, 0.717) is 0 Å². The summed E-state index contributed by atoms with van der Waals surface area (Å²) in [6, 6.07) is 3.31. The van der Waals surface area contributed by atoms with Gasteiger partial charge in [-0.3, -0.25) is 10.1 Å². The Labute approximate surface area is 95.7 Å². The Kier molecular flexibility index (Phi) is 3.55. The van der Waals surface area contributed by atoms with Crippen molar-refractivity contribution in [3.8, 4) is 0 Å². The lowest BCUT2D eigenvalue weighted by Crippen LogP contribution is -2.13. The van der Waals surface area contributed by atoms with Gasteiger partial charge in [0.1, 0.15) is 5.56 Å². The van der Waals surface area contributed by atoms with Gasteiger partial charge in [-0.05, 0) is 11.5 Å². The van der Waals surface area contributed by atoms with Crippen LogP contribution in [-0.2, 0) is 6.18 Å². The van der Waals surface area contributed by atoms with E-state index in [9.17, 15) is 23.3 Å². The van der Waals surface area contributed by atoms with Gasteiger partial charge in [-0.1, -0.05) is 25.1 Å². The highest BCUT2D eigenvalue weighted by molar-refractivity contribution is 5.49. The summed E-state index contributed by atoms with van der Waals surface area (Å²) in [5.74, 6) is -0.605. The van der Waals surface area contributed by atoms with Crippen LogP contribution in [0.1, 0.15) is 24.0 Å². The minimum atomic E-state index is -4.75. The topological polar surface area (TPSA) is 43.1 Å². The fourth-order valence-corrected chi connectivity index (χ4v) is 1.52. The fraction of sp³-hybridized carbons (Fsp3) is 0.273. The number of benzene rings is 1. The van der Waals surface area contributed by atoms with Gasteiger partial charge in [-0.2, -0.15) is 13.2 Å². The monoisotopic (exact) mass is 245 g/mol. The van der Waals surface area contributed by atoms with E-state index in [0.717, 1.165) is 6.07 Å². The van der Waals surface area contributed by atoms with Gasteiger partial charge in [0.15, 0.2) is 0 Å². The van der Waals surface area contributed by atoms with E-state index in [1.165, 1.54) is 25.1 Å². The third-order valence-electron chi connectivity index (χ3n) is 2.40. The van der Waals surface area contributed by atoms with Gasteiger partial charge < -0.3 is 0 Å². The Hall–Kier alpha value is -1.85. The molecule has 0 N–H and O–H groups in total. The second kappa shape index (κ2) is 4.57. The zero-order chi connectivity index (χ0) is 13.2. The Morgan fingerprint density at radius 2 is 2.06 bits per heavy atom. The van der Waals surface area contributed by atoms with Crippen LogP contribution in [0.25, 0.3) is 0 Å². The molecule has 0 aromatic heterocycles. The number of nitrogens with zero attached hydrogens (tertiary/aromatic N) is 1. The molecule has 0 aliphatic rings. The molecule has 0 heterocycles. The van der Waals surface area contributed by atoms with E-state index in [1.807, 2.05) is 0 Å². The molecule has 1 aromatic rings. The van der Waals surface area contributed by atoms with Crippen molar-refractivity contribution in [1.29, 1.82) is 0 Å². The summed E-state index contributed by atoms with van der Waals surface area (Å²) in [4.78, 5) is 9.59. The number of allylic oxidation sites excluding steroid dienone is 1. The number of halogens is 3. The lowest BCUT2D eigenvalue weighted by molar-refractivity contribution is -0.388. The number of hydrogen-bond acceptors (Lipinski definition) is 2. The second-order valence-electron chi connectivity index (χ2n) is 3.52. The third kappa shape index (κ3) is 2.64. The van der Waals surface area contributed by atoms with Gasteiger partial charge in [0.25, 0.3) is 5.69 Å². The first-order chi connectivity index (χ1) is 7.79. The predicted molar refractivity (Wildman–Crippen MR) is 56.7 cm³/mol. The summed E-state index contributed by atoms with van der Waals surface area (Å²) in [5, 5.41) is 10.6. The van der Waals surface area contributed by atoms with Crippen molar-refractivity contribution in [2.24, 2.45) is 0 Å². The molecule has 92 valence electrons. The molecule has 3 nitrogen and oxygen atoms in total. The summed E-state index contributed by atoms with van der Waals surface area (Å²) in [6.07, 6.45) is -3.44. The molecular weight excluding hydrogens is 235 g/mol. The van der Waals surface area contributed by atoms with Gasteiger partial charge >= 0.3 is 6.18 Å². The van der Waals surface area contributed by atoms with Crippen LogP contribution < -0.4 is 0 Å². The van der Waals surface area contributed by atoms with E-state index in [1.54, 1.807) is 0 Å². The van der Waals surface area contributed by atoms with Crippen LogP contribution in [0.3, 0.4) is 0 Å². The van der Waals surface area contributed by atoms with Gasteiger partial charge in [0.2, 0.25) is 0 Å². The second-order valence-corrected chi connectivity index (χ2v) is 3.52. The van der Waals surface area contributed by atoms with Crippen molar-refractivity contribution in [2.45, 2.75) is 19.0 Å². The molecule has 1 unspecified atom stereocenters. The summed E-state index contributed by atoms with van der Waals surface area (Å²) in [7, 11) is 0. The molecule has 0 bridgehead atoms. The highest BCUT2D eigenvalue weighted by atomic mass is 19.4. The molecule has 0 aliphatic heterocycles. The maximum absolute atomic E-state index is 12.8. The normalized spacial score (nSPS) is 13.2. The molecular formula is C11H10F3NO2. The highest BCUT2D eigenvalue weighted by Crippen LogP contribution is 2.41. The summed E-state index contributed by atoms with van der Waals surface area (Å²) < 4.78 is 38.5. The van der Waals surface area contributed by atoms with E-state index in [4.69, 9.17) is 0 Å². The molecule has 0 aliphatic carbocycles. The first kappa shape index (κ1) is 13.2. The Bertz CT molecular complexity index is 455. The minimum Gasteiger partial charge on any atom is -0.258 e. The molecule has 1 aromatic carbocycles. The average molecular weight is 245 g/mol. The number of hydrogen-bond donors (Lipinski definition) is 0. The zero-order valence-corrected chi connectivity index (χ0v) is 8.99. The average Bonchev–Trinajstić information content (AvgIpc) is 2.25. The lowest BCUT2D eigenvalue weighted by Gasteiger charge is -2.15. The SMILES string of the molecule is C=CC(C)c1cccc([N+](=O)[O-])c1C(F)(F)F. The van der Waals surface area contributed by atoms with Crippen molar-refractivity contribution in [1.82, 2.24) is 0 Å². The quantitative estimate of drug-likeness (QED) is 0.460. The molecule has 0 fully saturated rings. The molecule has 0 radical (unpaired) electrons. The van der Waals surface area contributed by atoms with E-state index < -0.39 is 28.3 Å². The first-order valence-corrected chi connectivity index (χ1v) is 4.76. The van der Waals surface area contributed by atoms with Crippen molar-refractivity contribution in [2.75, 3.05) is 0 Å². The van der Waals surface area contributed by atoms with Gasteiger partial charge in [-0.25, -0.2) is 0 Å². The van der Waals surface area contributed by atoms with Crippen LogP contribution in [0, 0.1) is 10.1 Å². The fourth-order valence-electron chi connectivity index (χ4n) is 1.52. The maximum atomic E-state index is 12.8. The molecule has 0 spiro atoms. The lowest BCUT2D eigenvalue weighted by atomic mass is 9.94. The van der Waals surface area contributed by atoms with Gasteiger partial charge in [-0.15, -0.1) is 6.58 Å². The van der Waals surface area contributed by atoms with Gasteiger partial charge in [0, 0.05) is 6.07 Å². The van der Waals surface area contributed by atoms with Crippen LogP contribution >= 0.6 is 0 Å². The van der Waals surface area contributed by atoms with Crippen LogP contribution in [-0.4, -0.2) is 4.92 Å². The van der Waals surface area contributed by atoms with E-state index in [-0.39, 0.29) is 5.56 Å². The van der Waals surface area contributed by atoms with Crippen molar-refractivity contribution in [3.63, 3.8) is 0 Å². The summed E-state index contributed by atoms with van der Waals surface area (Å²) in [5.41, 5.74) is -2.26. The number of rotatable bonds is 3. The number of nitro groups is 1. The van der Waals surface area contributed by atoms with Crippen LogP contribution in [0.4, 0.5) is 18.9 Å². The molecule has 0 saturated heterocycles. The molecule has 0 amide bonds. The van der Waals surface area contributed by atoms with Crippen molar-refractivity contribution < 1.29 is 18.1 Å². The van der Waals surface area contributed by atoms with E-state index in [2.05, 4.69) is 6.58 Å². The predicted octanol–water partition coefficient (Wildman–Crippen LogP) is 3.90. The van der Waals surface area contributed by atoms with Crippen molar-refractivity contribution >= 4 is 5.69 Å². The molecule has 6 heteroatoms. The highest BCUT2D eigenvalue weighted by Gasteiger charge is 2.41. The Balaban J connectivity index is 3.56. The molecule has 0 saturated carbocycles. The van der Waals surface area contributed by atoms with Crippen LogP contribution in [0.5, 0.6) is 0 Å². The Morgan fingerprint density at radius 3 is 2.47 bits per heavy atom. The van der Waals surface area contributed by atoms with E-state index >= 15 is 0 Å². The molecule has 17 heavy (non-hydrogen) atoms. The first-order valence-electron chi connectivity index (χ1n) is 4.76. The summed E-state index contributed by atoms with van der Waals surface area (Å²) in [6.45, 7) is 4.90.